The quantitative estimate of drug-likeness (QED) is 0.293. The van der Waals surface area contributed by atoms with Crippen LogP contribution in [0.2, 0.25) is 0 Å². The van der Waals surface area contributed by atoms with Crippen LogP contribution in [0.1, 0.15) is 59.2 Å². The molecular weight excluding hydrogens is 444 g/mol. The zero-order valence-corrected chi connectivity index (χ0v) is 19.6. The van der Waals surface area contributed by atoms with Gasteiger partial charge in [0.25, 0.3) is 5.91 Å². The Kier molecular flexibility index (Phi) is 8.07. The molecule has 1 aliphatic rings. The Hall–Kier alpha value is -3.76. The maximum absolute atomic E-state index is 13.4. The number of carbonyl (C=O) groups excluding carboxylic acids is 1. The SMILES string of the molecule is O=C(O)CCCC#Cc1cc2c(c(C(=O)N[C@@H](CO)Cc3c[nH]c4ccccc34)c1)OCCCC2. The molecule has 1 aliphatic heterocycles. The fourth-order valence-electron chi connectivity index (χ4n) is 4.36. The molecule has 0 unspecified atom stereocenters. The Bertz CT molecular complexity index is 1270. The summed E-state index contributed by atoms with van der Waals surface area (Å²) in [7, 11) is 0. The number of aryl methyl sites for hydroxylation is 1. The third-order valence-electron chi connectivity index (χ3n) is 6.12. The molecule has 0 saturated heterocycles. The predicted octanol–water partition coefficient (Wildman–Crippen LogP) is 3.82. The van der Waals surface area contributed by atoms with Gasteiger partial charge in [0.2, 0.25) is 0 Å². The number of H-pyrrole nitrogens is 1. The molecule has 0 fully saturated rings. The van der Waals surface area contributed by atoms with Gasteiger partial charge < -0.3 is 25.3 Å². The van der Waals surface area contributed by atoms with Crippen LogP contribution in [0.15, 0.2) is 42.6 Å². The highest BCUT2D eigenvalue weighted by atomic mass is 16.5. The molecule has 1 atom stereocenters. The van der Waals surface area contributed by atoms with Crippen molar-refractivity contribution in [3.63, 3.8) is 0 Å². The number of carbonyl (C=O) groups is 2. The molecule has 0 bridgehead atoms. The van der Waals surface area contributed by atoms with Gasteiger partial charge in [-0.1, -0.05) is 30.0 Å². The van der Waals surface area contributed by atoms with Crippen LogP contribution in [0, 0.1) is 11.8 Å². The third-order valence-corrected chi connectivity index (χ3v) is 6.12. The normalized spacial score (nSPS) is 13.6. The first-order chi connectivity index (χ1) is 17.0. The van der Waals surface area contributed by atoms with Gasteiger partial charge >= 0.3 is 5.97 Å². The molecule has 1 aromatic heterocycles. The van der Waals surface area contributed by atoms with E-state index in [0.717, 1.165) is 41.3 Å². The molecule has 0 saturated carbocycles. The first kappa shape index (κ1) is 24.4. The van der Waals surface area contributed by atoms with Crippen molar-refractivity contribution in [2.75, 3.05) is 13.2 Å². The highest BCUT2D eigenvalue weighted by molar-refractivity contribution is 5.98. The fraction of sp³-hybridized carbons (Fsp3) is 0.357. The van der Waals surface area contributed by atoms with Crippen molar-refractivity contribution in [1.82, 2.24) is 10.3 Å². The number of carboxylic acid groups (broad SMARTS) is 1. The number of amides is 1. The fourth-order valence-corrected chi connectivity index (χ4v) is 4.36. The zero-order chi connectivity index (χ0) is 24.6. The number of aliphatic hydroxyl groups excluding tert-OH is 1. The number of benzene rings is 2. The second-order valence-corrected chi connectivity index (χ2v) is 8.78. The van der Waals surface area contributed by atoms with E-state index < -0.39 is 12.0 Å². The number of rotatable bonds is 8. The topological polar surface area (TPSA) is 112 Å². The Morgan fingerprint density at radius 3 is 2.89 bits per heavy atom. The van der Waals surface area contributed by atoms with Crippen molar-refractivity contribution >= 4 is 22.8 Å². The van der Waals surface area contributed by atoms with E-state index in [2.05, 4.69) is 22.1 Å². The summed E-state index contributed by atoms with van der Waals surface area (Å²) in [6.07, 6.45) is 6.10. The van der Waals surface area contributed by atoms with E-state index in [9.17, 15) is 14.7 Å². The van der Waals surface area contributed by atoms with Crippen LogP contribution >= 0.6 is 0 Å². The lowest BCUT2D eigenvalue weighted by Crippen LogP contribution is -2.39. The van der Waals surface area contributed by atoms with E-state index in [1.54, 1.807) is 6.07 Å². The Balaban J connectivity index is 1.54. The summed E-state index contributed by atoms with van der Waals surface area (Å²) in [5.41, 5.74) is 4.10. The maximum Gasteiger partial charge on any atom is 0.303 e. The van der Waals surface area contributed by atoms with Crippen molar-refractivity contribution in [2.24, 2.45) is 0 Å². The molecule has 4 rings (SSSR count). The molecular formula is C28H30N2O5. The van der Waals surface area contributed by atoms with Crippen LogP contribution < -0.4 is 10.1 Å². The molecule has 2 heterocycles. The van der Waals surface area contributed by atoms with Crippen molar-refractivity contribution in [3.8, 4) is 17.6 Å². The average Bonchev–Trinajstić information content (AvgIpc) is 3.10. The number of aliphatic carboxylic acids is 1. The minimum absolute atomic E-state index is 0.0827. The lowest BCUT2D eigenvalue weighted by atomic mass is 9.99. The second-order valence-electron chi connectivity index (χ2n) is 8.78. The van der Waals surface area contributed by atoms with E-state index in [1.807, 2.05) is 36.5 Å². The molecule has 182 valence electrons. The number of para-hydroxylation sites is 1. The third kappa shape index (κ3) is 6.23. The van der Waals surface area contributed by atoms with E-state index in [1.165, 1.54) is 0 Å². The molecule has 7 heteroatoms. The largest absolute Gasteiger partial charge is 0.492 e. The zero-order valence-electron chi connectivity index (χ0n) is 19.6. The minimum Gasteiger partial charge on any atom is -0.492 e. The number of aromatic nitrogens is 1. The number of ether oxygens (including phenoxy) is 1. The van der Waals surface area contributed by atoms with Crippen molar-refractivity contribution in [3.05, 3.63) is 64.8 Å². The summed E-state index contributed by atoms with van der Waals surface area (Å²) in [5.74, 6) is 5.53. The number of hydrogen-bond acceptors (Lipinski definition) is 4. The summed E-state index contributed by atoms with van der Waals surface area (Å²) in [6, 6.07) is 11.2. The summed E-state index contributed by atoms with van der Waals surface area (Å²) < 4.78 is 5.96. The Labute approximate surface area is 204 Å². The second kappa shape index (κ2) is 11.6. The molecule has 0 spiro atoms. The average molecular weight is 475 g/mol. The Morgan fingerprint density at radius 2 is 2.06 bits per heavy atom. The van der Waals surface area contributed by atoms with Crippen LogP contribution in [-0.2, 0) is 17.6 Å². The highest BCUT2D eigenvalue weighted by Crippen LogP contribution is 2.30. The number of aliphatic hydroxyl groups is 1. The summed E-state index contributed by atoms with van der Waals surface area (Å²) >= 11 is 0. The monoisotopic (exact) mass is 474 g/mol. The van der Waals surface area contributed by atoms with Crippen LogP contribution in [0.3, 0.4) is 0 Å². The Morgan fingerprint density at radius 1 is 1.20 bits per heavy atom. The molecule has 0 aliphatic carbocycles. The minimum atomic E-state index is -0.834. The van der Waals surface area contributed by atoms with Gasteiger partial charge in [-0.2, -0.15) is 0 Å². The van der Waals surface area contributed by atoms with Crippen molar-refractivity contribution in [2.45, 2.75) is 51.0 Å². The predicted molar refractivity (Wildman–Crippen MR) is 134 cm³/mol. The molecule has 4 N–H and O–H groups in total. The maximum atomic E-state index is 13.4. The van der Waals surface area contributed by atoms with Crippen molar-refractivity contribution < 1.29 is 24.5 Å². The van der Waals surface area contributed by atoms with Gasteiger partial charge in [-0.05, 0) is 61.4 Å². The van der Waals surface area contributed by atoms with Gasteiger partial charge in [0.15, 0.2) is 0 Å². The van der Waals surface area contributed by atoms with Crippen LogP contribution in [0.5, 0.6) is 5.75 Å². The summed E-state index contributed by atoms with van der Waals surface area (Å²) in [4.78, 5) is 27.3. The number of carboxylic acids is 1. The first-order valence-electron chi connectivity index (χ1n) is 12.0. The van der Waals surface area contributed by atoms with Crippen LogP contribution in [-0.4, -0.2) is 46.3 Å². The number of aromatic amines is 1. The smallest absolute Gasteiger partial charge is 0.303 e. The number of unbranched alkanes of at least 4 members (excludes halogenated alkanes) is 1. The van der Waals surface area contributed by atoms with Crippen molar-refractivity contribution in [1.29, 1.82) is 0 Å². The molecule has 0 radical (unpaired) electrons. The van der Waals surface area contributed by atoms with Crippen LogP contribution in [0.4, 0.5) is 0 Å². The lowest BCUT2D eigenvalue weighted by molar-refractivity contribution is -0.137. The van der Waals surface area contributed by atoms with E-state index in [4.69, 9.17) is 9.84 Å². The molecule has 1 amide bonds. The lowest BCUT2D eigenvalue weighted by Gasteiger charge is -2.19. The van der Waals surface area contributed by atoms with E-state index >= 15 is 0 Å². The van der Waals surface area contributed by atoms with Gasteiger partial charge in [-0.15, -0.1) is 0 Å². The van der Waals surface area contributed by atoms with Gasteiger partial charge in [-0.25, -0.2) is 0 Å². The summed E-state index contributed by atoms with van der Waals surface area (Å²) in [6.45, 7) is 0.351. The molecule has 3 aromatic rings. The van der Waals surface area contributed by atoms with Gasteiger partial charge in [-0.3, -0.25) is 9.59 Å². The molecule has 35 heavy (non-hydrogen) atoms. The van der Waals surface area contributed by atoms with E-state index in [-0.39, 0.29) is 18.9 Å². The molecule has 7 nitrogen and oxygen atoms in total. The summed E-state index contributed by atoms with van der Waals surface area (Å²) in [5, 5.41) is 22.8. The standard InChI is InChI=1S/C28H30N2O5/c31-18-22(16-21-17-29-25-11-5-4-10-23(21)25)30-28(34)24-15-19(8-2-1-3-12-26(32)33)14-20-9-6-7-13-35-27(20)24/h4-5,10-11,14-15,17,22,29,31H,1,3,6-7,9,12-13,16,18H2,(H,30,34)(H,32,33)/t22-/m1/s1. The van der Waals surface area contributed by atoms with Crippen LogP contribution in [0.25, 0.3) is 10.9 Å². The number of fused-ring (bicyclic) bond motifs is 2. The number of nitrogens with one attached hydrogen (secondary N) is 2. The highest BCUT2D eigenvalue weighted by Gasteiger charge is 2.22. The van der Waals surface area contributed by atoms with Gasteiger partial charge in [0.05, 0.1) is 24.8 Å². The van der Waals surface area contributed by atoms with E-state index in [0.29, 0.717) is 42.7 Å². The van der Waals surface area contributed by atoms with Gasteiger partial charge in [0, 0.05) is 35.5 Å². The molecule has 2 aromatic carbocycles. The first-order valence-corrected chi connectivity index (χ1v) is 12.0. The number of hydrogen-bond donors (Lipinski definition) is 4. The van der Waals surface area contributed by atoms with Gasteiger partial charge in [0.1, 0.15) is 5.75 Å².